The molecule has 0 saturated carbocycles. The van der Waals surface area contributed by atoms with Gasteiger partial charge in [0.2, 0.25) is 17.7 Å². The number of nitrogens with two attached hydrogens (primary N) is 2. The molecule has 0 aromatic rings. The van der Waals surface area contributed by atoms with Crippen LogP contribution in [0.15, 0.2) is 0 Å². The van der Waals surface area contributed by atoms with E-state index in [1.165, 1.54) is 11.8 Å². The molecule has 1 aliphatic heterocycles. The lowest BCUT2D eigenvalue weighted by Crippen LogP contribution is -2.58. The second-order valence-electron chi connectivity index (χ2n) is 8.83. The molecule has 0 radical (unpaired) electrons. The number of aliphatic carboxylic acids is 1. The number of aliphatic hydroxyl groups excluding tert-OH is 1. The normalized spacial score (nSPS) is 19.8. The molecule has 5 atom stereocenters. The van der Waals surface area contributed by atoms with E-state index in [1.807, 2.05) is 13.8 Å². The van der Waals surface area contributed by atoms with E-state index in [-0.39, 0.29) is 12.3 Å². The Labute approximate surface area is 189 Å². The van der Waals surface area contributed by atoms with Crippen molar-refractivity contribution in [2.45, 2.75) is 89.6 Å². The Morgan fingerprint density at radius 3 is 2.28 bits per heavy atom. The number of carboxylic acids is 1. The lowest BCUT2D eigenvalue weighted by atomic mass is 10.0. The van der Waals surface area contributed by atoms with Crippen LogP contribution < -0.4 is 22.1 Å². The molecule has 0 spiro atoms. The van der Waals surface area contributed by atoms with Gasteiger partial charge in [-0.15, -0.1) is 0 Å². The molecular weight excluding hydrogens is 418 g/mol. The van der Waals surface area contributed by atoms with Crippen molar-refractivity contribution in [2.75, 3.05) is 13.1 Å². The van der Waals surface area contributed by atoms with E-state index in [4.69, 9.17) is 11.5 Å². The van der Waals surface area contributed by atoms with Crippen molar-refractivity contribution in [3.8, 4) is 0 Å². The van der Waals surface area contributed by atoms with Gasteiger partial charge in [-0.2, -0.15) is 0 Å². The van der Waals surface area contributed by atoms with Crippen molar-refractivity contribution in [3.05, 3.63) is 0 Å². The lowest BCUT2D eigenvalue weighted by molar-refractivity contribution is -0.145. The average Bonchev–Trinajstić information content (AvgIpc) is 3.20. The average molecular weight is 458 g/mol. The van der Waals surface area contributed by atoms with Gasteiger partial charge in [-0.1, -0.05) is 13.8 Å². The number of hydrogen-bond donors (Lipinski definition) is 6. The number of rotatable bonds is 13. The first-order chi connectivity index (χ1) is 15.0. The molecule has 1 aliphatic rings. The number of nitrogens with one attached hydrogen (secondary N) is 2. The topological polar surface area (TPSA) is 188 Å². The third kappa shape index (κ3) is 8.36. The molecule has 1 fully saturated rings. The minimum atomic E-state index is -1.18. The molecule has 1 heterocycles. The quantitative estimate of drug-likeness (QED) is 0.188. The Hall–Kier alpha value is -2.24. The summed E-state index contributed by atoms with van der Waals surface area (Å²) in [4.78, 5) is 51.3. The van der Waals surface area contributed by atoms with Crippen LogP contribution in [0.3, 0.4) is 0 Å². The predicted octanol–water partition coefficient (Wildman–Crippen LogP) is -1.09. The number of aliphatic hydroxyl groups is 1. The second kappa shape index (κ2) is 13.3. The Morgan fingerprint density at radius 2 is 1.75 bits per heavy atom. The fourth-order valence-electron chi connectivity index (χ4n) is 3.70. The minimum Gasteiger partial charge on any atom is -0.480 e. The standard InChI is InChI=1S/C21H39N5O6/c1-12(2)11-15(25-19(29)17(23)13(3)27)20(30)26-10-6-8-16(26)18(28)24-14(21(31)32)7-4-5-9-22/h12-17,27H,4-11,22-23H2,1-3H3,(H,24,28)(H,25,29)(H,31,32). The van der Waals surface area contributed by atoms with Crippen molar-refractivity contribution < 1.29 is 29.4 Å². The fraction of sp³-hybridized carbons (Fsp3) is 0.810. The van der Waals surface area contributed by atoms with E-state index in [2.05, 4.69) is 10.6 Å². The molecular formula is C21H39N5O6. The second-order valence-corrected chi connectivity index (χ2v) is 8.83. The summed E-state index contributed by atoms with van der Waals surface area (Å²) < 4.78 is 0. The summed E-state index contributed by atoms with van der Waals surface area (Å²) in [5.41, 5.74) is 11.1. The number of unbranched alkanes of at least 4 members (excludes halogenated alkanes) is 1. The van der Waals surface area contributed by atoms with Crippen LogP contribution in [0.4, 0.5) is 0 Å². The summed E-state index contributed by atoms with van der Waals surface area (Å²) in [6.07, 6.45) is 1.71. The zero-order valence-electron chi connectivity index (χ0n) is 19.3. The maximum atomic E-state index is 13.3. The zero-order chi connectivity index (χ0) is 24.4. The number of likely N-dealkylation sites (tertiary alicyclic amines) is 1. The van der Waals surface area contributed by atoms with E-state index < -0.39 is 54.0 Å². The third-order valence-corrected chi connectivity index (χ3v) is 5.54. The molecule has 0 aromatic carbocycles. The molecule has 1 rings (SSSR count). The minimum absolute atomic E-state index is 0.0702. The summed E-state index contributed by atoms with van der Waals surface area (Å²) in [5, 5.41) is 24.1. The highest BCUT2D eigenvalue weighted by Crippen LogP contribution is 2.21. The molecule has 32 heavy (non-hydrogen) atoms. The van der Waals surface area contributed by atoms with Crippen LogP contribution in [0.2, 0.25) is 0 Å². The van der Waals surface area contributed by atoms with Crippen LogP contribution in [0, 0.1) is 5.92 Å². The Kier molecular flexibility index (Phi) is 11.6. The van der Waals surface area contributed by atoms with Crippen LogP contribution in [-0.2, 0) is 19.2 Å². The van der Waals surface area contributed by atoms with E-state index >= 15 is 0 Å². The molecule has 11 nitrogen and oxygen atoms in total. The van der Waals surface area contributed by atoms with Crippen LogP contribution in [0.25, 0.3) is 0 Å². The number of carbonyl (C=O) groups excluding carboxylic acids is 3. The highest BCUT2D eigenvalue weighted by atomic mass is 16.4. The number of nitrogens with zero attached hydrogens (tertiary/aromatic N) is 1. The molecule has 8 N–H and O–H groups in total. The van der Waals surface area contributed by atoms with Crippen molar-refractivity contribution >= 4 is 23.7 Å². The van der Waals surface area contributed by atoms with Gasteiger partial charge in [0, 0.05) is 6.54 Å². The van der Waals surface area contributed by atoms with Crippen LogP contribution in [0.1, 0.15) is 59.3 Å². The van der Waals surface area contributed by atoms with Gasteiger partial charge in [0.15, 0.2) is 0 Å². The number of hydrogen-bond acceptors (Lipinski definition) is 7. The Balaban J connectivity index is 2.91. The first kappa shape index (κ1) is 27.8. The summed E-state index contributed by atoms with van der Waals surface area (Å²) in [5.74, 6) is -2.65. The smallest absolute Gasteiger partial charge is 0.326 e. The maximum absolute atomic E-state index is 13.3. The van der Waals surface area contributed by atoms with Crippen molar-refractivity contribution in [3.63, 3.8) is 0 Å². The molecule has 0 bridgehead atoms. The van der Waals surface area contributed by atoms with Crippen LogP contribution in [-0.4, -0.2) is 82.2 Å². The van der Waals surface area contributed by atoms with Crippen molar-refractivity contribution in [1.29, 1.82) is 0 Å². The summed E-state index contributed by atoms with van der Waals surface area (Å²) >= 11 is 0. The van der Waals surface area contributed by atoms with Crippen LogP contribution in [0.5, 0.6) is 0 Å². The first-order valence-electron chi connectivity index (χ1n) is 11.3. The molecule has 0 aromatic heterocycles. The number of carboxylic acid groups (broad SMARTS) is 1. The molecule has 3 amide bonds. The lowest BCUT2D eigenvalue weighted by Gasteiger charge is -2.30. The SMILES string of the molecule is CC(C)CC(NC(=O)C(N)C(C)O)C(=O)N1CCCC1C(=O)NC(CCCCN)C(=O)O. The Bertz CT molecular complexity index is 657. The molecule has 184 valence electrons. The van der Waals surface area contributed by atoms with Gasteiger partial charge in [0.1, 0.15) is 24.2 Å². The summed E-state index contributed by atoms with van der Waals surface area (Å²) in [6, 6.07) is -3.95. The van der Waals surface area contributed by atoms with Crippen molar-refractivity contribution in [1.82, 2.24) is 15.5 Å². The molecule has 0 aliphatic carbocycles. The fourth-order valence-corrected chi connectivity index (χ4v) is 3.70. The third-order valence-electron chi connectivity index (χ3n) is 5.54. The molecule has 11 heteroatoms. The van der Waals surface area contributed by atoms with E-state index in [0.29, 0.717) is 45.2 Å². The number of amides is 3. The van der Waals surface area contributed by atoms with Gasteiger partial charge in [-0.25, -0.2) is 4.79 Å². The van der Waals surface area contributed by atoms with Crippen molar-refractivity contribution in [2.24, 2.45) is 17.4 Å². The number of carbonyl (C=O) groups is 4. The highest BCUT2D eigenvalue weighted by Gasteiger charge is 2.39. The monoisotopic (exact) mass is 457 g/mol. The van der Waals surface area contributed by atoms with E-state index in [0.717, 1.165) is 0 Å². The summed E-state index contributed by atoms with van der Waals surface area (Å²) in [7, 11) is 0. The van der Waals surface area contributed by atoms with Gasteiger partial charge >= 0.3 is 5.97 Å². The largest absolute Gasteiger partial charge is 0.480 e. The van der Waals surface area contributed by atoms with Gasteiger partial charge in [-0.05, 0) is 57.9 Å². The van der Waals surface area contributed by atoms with Gasteiger partial charge in [-0.3, -0.25) is 14.4 Å². The van der Waals surface area contributed by atoms with E-state index in [1.54, 1.807) is 0 Å². The highest BCUT2D eigenvalue weighted by molar-refractivity contribution is 5.94. The molecule has 1 saturated heterocycles. The predicted molar refractivity (Wildman–Crippen MR) is 118 cm³/mol. The van der Waals surface area contributed by atoms with Gasteiger partial charge in [0.05, 0.1) is 6.10 Å². The van der Waals surface area contributed by atoms with Crippen LogP contribution >= 0.6 is 0 Å². The molecule has 5 unspecified atom stereocenters. The maximum Gasteiger partial charge on any atom is 0.326 e. The Morgan fingerprint density at radius 1 is 1.09 bits per heavy atom. The first-order valence-corrected chi connectivity index (χ1v) is 11.3. The van der Waals surface area contributed by atoms with Gasteiger partial charge in [0.25, 0.3) is 0 Å². The summed E-state index contributed by atoms with van der Waals surface area (Å²) in [6.45, 7) is 5.94. The van der Waals surface area contributed by atoms with Gasteiger partial charge < -0.3 is 37.2 Å². The zero-order valence-corrected chi connectivity index (χ0v) is 19.3. The van der Waals surface area contributed by atoms with E-state index in [9.17, 15) is 29.4 Å².